The summed E-state index contributed by atoms with van der Waals surface area (Å²) in [5.41, 5.74) is 2.07. The van der Waals surface area contributed by atoms with E-state index in [4.69, 9.17) is 15.0 Å². The Hall–Kier alpha value is -2.05. The molecule has 1 fully saturated rings. The fraction of sp³-hybridized carbons (Fsp3) is 0.600. The number of nitrogens with zero attached hydrogens (tertiary/aromatic N) is 4. The molecule has 11 heteroatoms. The Morgan fingerprint density at radius 1 is 1.17 bits per heavy atom. The number of hydrogen-bond acceptors (Lipinski definition) is 11. The summed E-state index contributed by atoms with van der Waals surface area (Å²) in [6, 6.07) is 1.62. The van der Waals surface area contributed by atoms with Crippen molar-refractivity contribution in [3.63, 3.8) is 0 Å². The summed E-state index contributed by atoms with van der Waals surface area (Å²) in [6.07, 6.45) is 0.0675. The number of thiazole rings is 1. The van der Waals surface area contributed by atoms with Crippen molar-refractivity contribution in [3.8, 4) is 10.6 Å². The lowest BCUT2D eigenvalue weighted by molar-refractivity contribution is -0.0601. The Morgan fingerprint density at radius 3 is 2.56 bits per heavy atom. The van der Waals surface area contributed by atoms with Gasteiger partial charge in [-0.1, -0.05) is 6.92 Å². The Bertz CT molecular complexity index is 1210. The van der Waals surface area contributed by atoms with Crippen molar-refractivity contribution >= 4 is 45.1 Å². The minimum atomic E-state index is -1.13. The number of fused-ring (bicyclic) bond motifs is 1. The summed E-state index contributed by atoms with van der Waals surface area (Å²) in [6.45, 7) is 11.4. The molecule has 5 atom stereocenters. The van der Waals surface area contributed by atoms with Crippen LogP contribution in [0.25, 0.3) is 20.8 Å². The van der Waals surface area contributed by atoms with Crippen LogP contribution in [0.5, 0.6) is 0 Å². The zero-order chi connectivity index (χ0) is 26.2. The smallest absolute Gasteiger partial charge is 0.225 e. The van der Waals surface area contributed by atoms with Crippen molar-refractivity contribution in [2.45, 2.75) is 77.9 Å². The monoisotopic (exact) mass is 532 g/mol. The van der Waals surface area contributed by atoms with E-state index in [1.807, 2.05) is 31.7 Å². The molecular formula is C25H36N6O3S2. The van der Waals surface area contributed by atoms with Crippen LogP contribution < -0.4 is 10.6 Å². The molecule has 0 spiro atoms. The van der Waals surface area contributed by atoms with E-state index in [0.29, 0.717) is 18.2 Å². The molecule has 3 aromatic heterocycles. The Labute approximate surface area is 220 Å². The van der Waals surface area contributed by atoms with E-state index in [-0.39, 0.29) is 6.04 Å². The fourth-order valence-electron chi connectivity index (χ4n) is 4.70. The standard InChI is InChI=1S/C25H36N6O3S2/c1-7-35-11-12(2)27-24-28-13(3)18(23-30-19-14(4)26-9-8-17(19)36-23)22(31-24)29-16-10-15(25(5,6)34)20(32)21(16)33/h8-9,12,15-16,20-21,32-34H,7,10-11H2,1-6H3,(H2,27,28,29,31)/t12-,15+,16-,20-,21+/m1/s1. The quantitative estimate of drug-likeness (QED) is 0.278. The summed E-state index contributed by atoms with van der Waals surface area (Å²) in [5.74, 6) is 2.52. The van der Waals surface area contributed by atoms with Gasteiger partial charge < -0.3 is 26.0 Å². The zero-order valence-electron chi connectivity index (χ0n) is 21.6. The SMILES string of the molecule is CCSC[C@@H](C)Nc1nc(C)c(-c2nc3c(C)nccc3s2)c(N[C@@H]2C[C@H](C(C)(C)O)[C@@H](O)[C@H]2O)n1. The lowest BCUT2D eigenvalue weighted by Gasteiger charge is -2.28. The first-order valence-corrected chi connectivity index (χ1v) is 14.3. The Morgan fingerprint density at radius 2 is 1.92 bits per heavy atom. The molecule has 1 saturated carbocycles. The van der Waals surface area contributed by atoms with Crippen LogP contribution in [-0.2, 0) is 0 Å². The first kappa shape index (κ1) is 27.0. The van der Waals surface area contributed by atoms with Gasteiger partial charge in [0.2, 0.25) is 5.95 Å². The second-order valence-electron chi connectivity index (χ2n) is 10.1. The van der Waals surface area contributed by atoms with Crippen molar-refractivity contribution in [2.24, 2.45) is 5.92 Å². The highest BCUT2D eigenvalue weighted by Crippen LogP contribution is 2.40. The van der Waals surface area contributed by atoms with Crippen LogP contribution in [0, 0.1) is 19.8 Å². The van der Waals surface area contributed by atoms with Crippen LogP contribution in [-0.4, -0.2) is 76.7 Å². The summed E-state index contributed by atoms with van der Waals surface area (Å²) in [4.78, 5) is 18.8. The molecular weight excluding hydrogens is 496 g/mol. The Kier molecular flexibility index (Phi) is 8.06. The lowest BCUT2D eigenvalue weighted by atomic mass is 9.88. The minimum Gasteiger partial charge on any atom is -0.390 e. The van der Waals surface area contributed by atoms with Crippen molar-refractivity contribution in [1.29, 1.82) is 0 Å². The second-order valence-corrected chi connectivity index (χ2v) is 12.4. The molecule has 4 rings (SSSR count). The van der Waals surface area contributed by atoms with Gasteiger partial charge in [-0.3, -0.25) is 4.98 Å². The number of anilines is 2. The van der Waals surface area contributed by atoms with Gasteiger partial charge >= 0.3 is 0 Å². The summed E-state index contributed by atoms with van der Waals surface area (Å²) >= 11 is 3.39. The number of aliphatic hydroxyl groups is 3. The van der Waals surface area contributed by atoms with E-state index >= 15 is 0 Å². The predicted octanol–water partition coefficient (Wildman–Crippen LogP) is 3.61. The van der Waals surface area contributed by atoms with Gasteiger partial charge in [0.15, 0.2) is 0 Å². The molecule has 0 radical (unpaired) electrons. The largest absolute Gasteiger partial charge is 0.390 e. The minimum absolute atomic E-state index is 0.169. The van der Waals surface area contributed by atoms with Crippen LogP contribution in [0.4, 0.5) is 11.8 Å². The molecule has 0 bridgehead atoms. The van der Waals surface area contributed by atoms with Gasteiger partial charge in [-0.05, 0) is 52.9 Å². The van der Waals surface area contributed by atoms with Crippen LogP contribution in [0.3, 0.4) is 0 Å². The van der Waals surface area contributed by atoms with Crippen molar-refractivity contribution in [1.82, 2.24) is 19.9 Å². The normalized spacial score (nSPS) is 23.2. The first-order valence-electron chi connectivity index (χ1n) is 12.3. The number of aromatic nitrogens is 4. The van der Waals surface area contributed by atoms with E-state index in [1.165, 1.54) is 0 Å². The van der Waals surface area contributed by atoms with Gasteiger partial charge in [-0.15, -0.1) is 11.3 Å². The molecule has 1 aliphatic rings. The van der Waals surface area contributed by atoms with Gasteiger partial charge in [0.25, 0.3) is 0 Å². The molecule has 1 aliphatic carbocycles. The van der Waals surface area contributed by atoms with E-state index in [0.717, 1.165) is 43.7 Å². The zero-order valence-corrected chi connectivity index (χ0v) is 23.2. The van der Waals surface area contributed by atoms with Crippen LogP contribution >= 0.6 is 23.1 Å². The highest BCUT2D eigenvalue weighted by Gasteiger charge is 2.48. The van der Waals surface area contributed by atoms with Gasteiger partial charge in [-0.2, -0.15) is 16.7 Å². The summed E-state index contributed by atoms with van der Waals surface area (Å²) < 4.78 is 1.02. The lowest BCUT2D eigenvalue weighted by Crippen LogP contribution is -2.40. The van der Waals surface area contributed by atoms with Crippen molar-refractivity contribution in [2.75, 3.05) is 22.1 Å². The third-order valence-electron chi connectivity index (χ3n) is 6.65. The number of nitrogens with one attached hydrogen (secondary N) is 2. The average molecular weight is 533 g/mol. The second kappa shape index (κ2) is 10.7. The molecule has 0 aliphatic heterocycles. The number of pyridine rings is 1. The number of aliphatic hydroxyl groups excluding tert-OH is 2. The molecule has 0 saturated heterocycles. The highest BCUT2D eigenvalue weighted by atomic mass is 32.2. The van der Waals surface area contributed by atoms with E-state index < -0.39 is 29.8 Å². The van der Waals surface area contributed by atoms with E-state index in [1.54, 1.807) is 31.4 Å². The van der Waals surface area contributed by atoms with Gasteiger partial charge in [0.05, 0.1) is 39.4 Å². The molecule has 3 heterocycles. The van der Waals surface area contributed by atoms with E-state index in [9.17, 15) is 15.3 Å². The van der Waals surface area contributed by atoms with Gasteiger partial charge in [-0.25, -0.2) is 9.97 Å². The molecule has 0 aromatic carbocycles. The van der Waals surface area contributed by atoms with Crippen LogP contribution in [0.1, 0.15) is 45.5 Å². The number of thioether (sulfide) groups is 1. The number of hydrogen-bond donors (Lipinski definition) is 5. The number of aryl methyl sites for hydroxylation is 2. The fourth-order valence-corrected chi connectivity index (χ4v) is 6.48. The summed E-state index contributed by atoms with van der Waals surface area (Å²) in [5, 5.41) is 39.6. The third-order valence-corrected chi connectivity index (χ3v) is 8.84. The van der Waals surface area contributed by atoms with Crippen molar-refractivity contribution in [3.05, 3.63) is 23.7 Å². The molecule has 3 aromatic rings. The molecule has 196 valence electrons. The third kappa shape index (κ3) is 5.60. The van der Waals surface area contributed by atoms with Gasteiger partial charge in [0, 0.05) is 23.9 Å². The molecule has 0 unspecified atom stereocenters. The topological polar surface area (TPSA) is 136 Å². The van der Waals surface area contributed by atoms with Crippen LogP contribution in [0.2, 0.25) is 0 Å². The first-order chi connectivity index (χ1) is 17.0. The molecule has 0 amide bonds. The van der Waals surface area contributed by atoms with Crippen molar-refractivity contribution < 1.29 is 15.3 Å². The maximum Gasteiger partial charge on any atom is 0.225 e. The van der Waals surface area contributed by atoms with Crippen LogP contribution in [0.15, 0.2) is 12.3 Å². The number of rotatable bonds is 9. The average Bonchev–Trinajstić information content (AvgIpc) is 3.35. The molecule has 9 nitrogen and oxygen atoms in total. The van der Waals surface area contributed by atoms with Gasteiger partial charge in [0.1, 0.15) is 22.4 Å². The maximum absolute atomic E-state index is 10.8. The summed E-state index contributed by atoms with van der Waals surface area (Å²) in [7, 11) is 0. The Balaban J connectivity index is 1.74. The van der Waals surface area contributed by atoms with E-state index in [2.05, 4.69) is 29.5 Å². The molecule has 36 heavy (non-hydrogen) atoms. The predicted molar refractivity (Wildman–Crippen MR) is 148 cm³/mol. The highest BCUT2D eigenvalue weighted by molar-refractivity contribution is 7.99. The molecule has 5 N–H and O–H groups in total. The maximum atomic E-state index is 10.8.